The van der Waals surface area contributed by atoms with E-state index in [4.69, 9.17) is 28.6 Å². The zero-order valence-corrected chi connectivity index (χ0v) is 14.4. The number of carbonyl (C=O) groups excluding carboxylic acids is 1. The van der Waals surface area contributed by atoms with E-state index >= 15 is 0 Å². The summed E-state index contributed by atoms with van der Waals surface area (Å²) in [6.07, 6.45) is -9.00. The number of hydrogen-bond donors (Lipinski definition) is 3. The lowest BCUT2D eigenvalue weighted by Crippen LogP contribution is -2.59. The predicted molar refractivity (Wildman–Crippen MR) is 77.1 cm³/mol. The molecular formula is C9H21F3N5O3PS+2. The maximum atomic E-state index is 12.6. The summed E-state index contributed by atoms with van der Waals surface area (Å²) in [5.74, 6) is 7.94. The molecule has 0 bridgehead atoms. The number of halogens is 3. The van der Waals surface area contributed by atoms with E-state index in [1.807, 2.05) is 0 Å². The summed E-state index contributed by atoms with van der Waals surface area (Å²) in [5.41, 5.74) is 0. The highest BCUT2D eigenvalue weighted by Crippen LogP contribution is 2.57. The smallest absolute Gasteiger partial charge is 0.471 e. The van der Waals surface area contributed by atoms with E-state index in [0.717, 1.165) is 0 Å². The fourth-order valence-corrected chi connectivity index (χ4v) is 4.60. The van der Waals surface area contributed by atoms with E-state index in [9.17, 15) is 22.8 Å². The topological polar surface area (TPSA) is 110 Å². The fourth-order valence-electron chi connectivity index (χ4n) is 1.67. The second-order valence-corrected chi connectivity index (χ2v) is 11.1. The van der Waals surface area contributed by atoms with Gasteiger partial charge in [0.05, 0.1) is 28.2 Å². The number of carboxylic acid groups (broad SMARTS) is 1. The van der Waals surface area contributed by atoms with Crippen LogP contribution in [0.15, 0.2) is 0 Å². The van der Waals surface area contributed by atoms with E-state index in [2.05, 4.69) is 0 Å². The van der Waals surface area contributed by atoms with Gasteiger partial charge >= 0.3 is 24.4 Å². The van der Waals surface area contributed by atoms with E-state index in [1.54, 1.807) is 0 Å². The minimum Gasteiger partial charge on any atom is -0.480 e. The van der Waals surface area contributed by atoms with Gasteiger partial charge in [0.25, 0.3) is 0 Å². The molecule has 0 heterocycles. The molecule has 130 valence electrons. The lowest BCUT2D eigenvalue weighted by atomic mass is 10.5. The molecule has 13 heteroatoms. The van der Waals surface area contributed by atoms with Gasteiger partial charge in [-0.15, -0.1) is 0 Å². The number of quaternary nitrogens is 2. The van der Waals surface area contributed by atoms with Gasteiger partial charge in [0.15, 0.2) is 6.29 Å². The standard InChI is InChI=1S/C9H20F3N5O3PS/c1-16(2,13)21(22,17(3,4)14)6-15(5-7(18)19)8(20)9(10,11)12/h5-6,13-14H2,1-4H3/q+1/p+1. The normalized spacial score (nSPS) is 13.9. The molecule has 8 nitrogen and oxygen atoms in total. The number of aliphatic carboxylic acids is 1. The number of hydrogen-bond acceptors (Lipinski definition) is 5. The summed E-state index contributed by atoms with van der Waals surface area (Å²) in [6.45, 7) is -1.14. The van der Waals surface area contributed by atoms with Crippen LogP contribution in [-0.2, 0) is 21.4 Å². The highest BCUT2D eigenvalue weighted by atomic mass is 32.4. The molecule has 0 saturated heterocycles. The van der Waals surface area contributed by atoms with Crippen LogP contribution in [0, 0.1) is 0 Å². The first-order valence-corrected chi connectivity index (χ1v) is 8.76. The average Bonchev–Trinajstić information content (AvgIpc) is 2.21. The maximum Gasteiger partial charge on any atom is 0.471 e. The van der Waals surface area contributed by atoms with Gasteiger partial charge in [0.1, 0.15) is 6.54 Å². The Kier molecular flexibility index (Phi) is 6.15. The first kappa shape index (κ1) is 21.2. The quantitative estimate of drug-likeness (QED) is 0.336. The van der Waals surface area contributed by atoms with Crippen molar-refractivity contribution in [3.8, 4) is 0 Å². The predicted octanol–water partition coefficient (Wildman–Crippen LogP) is -0.371. The largest absolute Gasteiger partial charge is 0.480 e. The van der Waals surface area contributed by atoms with E-state index in [-0.39, 0.29) is 4.90 Å². The molecule has 0 aliphatic rings. The fraction of sp³-hybridized carbons (Fsp3) is 0.778. The molecule has 0 aliphatic carbocycles. The van der Waals surface area contributed by atoms with Crippen molar-refractivity contribution in [2.75, 3.05) is 41.0 Å². The van der Waals surface area contributed by atoms with Crippen LogP contribution in [0.2, 0.25) is 0 Å². The van der Waals surface area contributed by atoms with Crippen LogP contribution in [0.3, 0.4) is 0 Å². The van der Waals surface area contributed by atoms with Gasteiger partial charge in [-0.2, -0.15) is 33.6 Å². The van der Waals surface area contributed by atoms with Gasteiger partial charge in [0.2, 0.25) is 0 Å². The Balaban J connectivity index is 5.85. The second kappa shape index (κ2) is 6.38. The number of carbonyl (C=O) groups is 2. The molecular weight excluding hydrogens is 346 g/mol. The van der Waals surface area contributed by atoms with E-state index in [0.29, 0.717) is 0 Å². The molecule has 0 atom stereocenters. The van der Waals surface area contributed by atoms with Crippen LogP contribution in [0.1, 0.15) is 0 Å². The van der Waals surface area contributed by atoms with Crippen LogP contribution in [0.25, 0.3) is 0 Å². The number of carboxylic acids is 1. The molecule has 0 unspecified atom stereocenters. The summed E-state index contributed by atoms with van der Waals surface area (Å²) in [6, 6.07) is 0. The Morgan fingerprint density at radius 3 is 1.77 bits per heavy atom. The molecule has 0 radical (unpaired) electrons. The summed E-state index contributed by atoms with van der Waals surface area (Å²) >= 11 is 5.40. The zero-order chi connectivity index (χ0) is 18.1. The minimum atomic E-state index is -5.22. The van der Waals surface area contributed by atoms with Gasteiger partial charge in [-0.1, -0.05) is 0 Å². The van der Waals surface area contributed by atoms with Crippen molar-refractivity contribution in [3.63, 3.8) is 0 Å². The Bertz CT molecular complexity index is 482. The monoisotopic (exact) mass is 367 g/mol. The molecule has 0 rings (SSSR count). The van der Waals surface area contributed by atoms with Crippen molar-refractivity contribution in [2.45, 2.75) is 6.18 Å². The third-order valence-corrected chi connectivity index (χ3v) is 9.63. The van der Waals surface area contributed by atoms with Gasteiger partial charge in [-0.05, 0) is 0 Å². The first-order chi connectivity index (χ1) is 9.43. The maximum absolute atomic E-state index is 12.6. The van der Waals surface area contributed by atoms with Crippen LogP contribution >= 0.6 is 6.34 Å². The Labute approximate surface area is 131 Å². The summed E-state index contributed by atoms with van der Waals surface area (Å²) in [7, 11) is 5.74. The number of rotatable bonds is 6. The Hall–Kier alpha value is -0.780. The summed E-state index contributed by atoms with van der Waals surface area (Å²) < 4.78 is 37.0. The van der Waals surface area contributed by atoms with Crippen molar-refractivity contribution in [1.82, 2.24) is 4.90 Å². The lowest BCUT2D eigenvalue weighted by Gasteiger charge is -2.43. The number of nitrogens with two attached hydrogens (primary N) is 2. The van der Waals surface area contributed by atoms with Crippen molar-refractivity contribution in [3.05, 3.63) is 0 Å². The van der Waals surface area contributed by atoms with Crippen LogP contribution < -0.4 is 11.7 Å². The lowest BCUT2D eigenvalue weighted by molar-refractivity contribution is -0.877. The molecule has 22 heavy (non-hydrogen) atoms. The number of nitrogens with zero attached hydrogens (tertiary/aromatic N) is 3. The minimum absolute atomic E-state index is 0.142. The Morgan fingerprint density at radius 2 is 1.55 bits per heavy atom. The first-order valence-electron chi connectivity index (χ1n) is 5.86. The van der Waals surface area contributed by atoms with Crippen molar-refractivity contribution in [1.29, 1.82) is 0 Å². The molecule has 0 aromatic carbocycles. The molecule has 0 fully saturated rings. The average molecular weight is 367 g/mol. The van der Waals surface area contributed by atoms with E-state index in [1.165, 1.54) is 28.2 Å². The molecule has 0 aromatic heterocycles. The number of alkyl halides is 3. The highest BCUT2D eigenvalue weighted by Gasteiger charge is 2.53. The van der Waals surface area contributed by atoms with Crippen molar-refractivity contribution >= 4 is 30.0 Å². The summed E-state index contributed by atoms with van der Waals surface area (Å²) in [4.78, 5) is 22.4. The van der Waals surface area contributed by atoms with Crippen molar-refractivity contribution in [2.24, 2.45) is 11.7 Å². The third-order valence-electron chi connectivity index (χ3n) is 2.82. The van der Waals surface area contributed by atoms with Crippen LogP contribution in [0.4, 0.5) is 13.2 Å². The summed E-state index contributed by atoms with van der Waals surface area (Å²) in [5, 5.41) is 8.75. The second-order valence-electron chi connectivity index (χ2n) is 5.66. The van der Waals surface area contributed by atoms with Crippen LogP contribution in [-0.4, -0.2) is 77.8 Å². The zero-order valence-electron chi connectivity index (χ0n) is 12.7. The van der Waals surface area contributed by atoms with Crippen LogP contribution in [0.5, 0.6) is 0 Å². The Morgan fingerprint density at radius 1 is 1.18 bits per heavy atom. The number of amides is 1. The van der Waals surface area contributed by atoms with E-state index < -0.39 is 45.9 Å². The van der Waals surface area contributed by atoms with Gasteiger partial charge in [-0.25, -0.2) is 0 Å². The van der Waals surface area contributed by atoms with Gasteiger partial charge < -0.3 is 10.0 Å². The molecule has 1 amide bonds. The van der Waals surface area contributed by atoms with Gasteiger partial charge in [0, 0.05) is 11.8 Å². The molecule has 0 aliphatic heterocycles. The molecule has 0 aromatic rings. The SMILES string of the molecule is C[N+](C)(N)P(=S)(CN(CC(=O)O)C(=O)C(F)(F)F)[N+](C)(C)N. The molecule has 0 saturated carbocycles. The molecule has 5 N–H and O–H groups in total. The highest BCUT2D eigenvalue weighted by molar-refractivity contribution is 8.09. The molecule has 0 spiro atoms. The van der Waals surface area contributed by atoms with Crippen molar-refractivity contribution < 1.29 is 36.6 Å². The van der Waals surface area contributed by atoms with Gasteiger partial charge in [-0.3, -0.25) is 9.59 Å². The third kappa shape index (κ3) is 4.86.